The number of hydrogen-bond acceptors (Lipinski definition) is 6. The average molecular weight is 327 g/mol. The van der Waals surface area contributed by atoms with Gasteiger partial charge in [-0.1, -0.05) is 0 Å². The van der Waals surface area contributed by atoms with Gasteiger partial charge in [0, 0.05) is 0 Å². The van der Waals surface area contributed by atoms with Crippen molar-refractivity contribution in [3.05, 3.63) is 10.1 Å². The number of aliphatic carboxylic acids is 3. The molecule has 0 aliphatic rings. The van der Waals surface area contributed by atoms with Crippen molar-refractivity contribution in [3.8, 4) is 0 Å². The molecule has 0 rings (SSSR count). The summed E-state index contributed by atoms with van der Waals surface area (Å²) in [7, 11) is 0. The zero-order chi connectivity index (χ0) is 12.9. The van der Waals surface area contributed by atoms with Crippen LogP contribution in [0.5, 0.6) is 0 Å². The molecule has 0 heterocycles. The Bertz CT molecular complexity index is 300. The predicted octanol–water partition coefficient (Wildman–Crippen LogP) is -1.95. The maximum absolute atomic E-state index is 10.7. The molecule has 0 aromatic rings. The van der Waals surface area contributed by atoms with Gasteiger partial charge in [0.15, 0.2) is 0 Å². The minimum absolute atomic E-state index is 0. The molecule has 0 saturated heterocycles. The monoisotopic (exact) mass is 327 g/mol. The summed E-state index contributed by atoms with van der Waals surface area (Å²) in [4.78, 5) is 45.0. The molecule has 0 bridgehead atoms. The van der Waals surface area contributed by atoms with Crippen LogP contribution in [0.25, 0.3) is 0 Å². The Hall–Kier alpha value is -0.909. The first kappa shape index (κ1) is 18.5. The van der Waals surface area contributed by atoms with Crippen molar-refractivity contribution < 1.29 is 39.6 Å². The fourth-order valence-electron chi connectivity index (χ4n) is 0.949. The molecule has 3 N–H and O–H groups in total. The Labute approximate surface area is 131 Å². The summed E-state index contributed by atoms with van der Waals surface area (Å²) in [6.07, 6.45) is -2.68. The second-order valence-corrected chi connectivity index (χ2v) is 2.76. The van der Waals surface area contributed by atoms with E-state index in [1.54, 1.807) is 0 Å². The van der Waals surface area contributed by atoms with E-state index in [1.807, 2.05) is 0 Å². The van der Waals surface area contributed by atoms with Gasteiger partial charge < -0.3 is 15.3 Å². The van der Waals surface area contributed by atoms with Crippen molar-refractivity contribution in [2.24, 2.45) is 0 Å². The van der Waals surface area contributed by atoms with Crippen LogP contribution < -0.4 is 0 Å². The van der Waals surface area contributed by atoms with E-state index in [1.165, 1.54) is 0 Å². The van der Waals surface area contributed by atoms with Gasteiger partial charge in [-0.25, -0.2) is 4.79 Å². The van der Waals surface area contributed by atoms with Gasteiger partial charge >= 0.3 is 63.4 Å². The summed E-state index contributed by atoms with van der Waals surface area (Å²) in [5.41, 5.74) is -2.92. The second kappa shape index (κ2) is 7.42. The molecular weight excluding hydrogens is 318 g/mol. The summed E-state index contributed by atoms with van der Waals surface area (Å²) in [5.74, 6) is -5.50. The molecule has 0 spiro atoms. The molecule has 0 aromatic carbocycles. The Kier molecular flexibility index (Phi) is 8.06. The Morgan fingerprint density at radius 2 is 1.47 bits per heavy atom. The van der Waals surface area contributed by atoms with Crippen molar-refractivity contribution in [1.29, 1.82) is 0 Å². The summed E-state index contributed by atoms with van der Waals surface area (Å²) in [5, 5.41) is 33.8. The molecule has 17 heavy (non-hydrogen) atoms. The van der Waals surface area contributed by atoms with Crippen LogP contribution in [0.15, 0.2) is 0 Å². The first-order valence-electron chi connectivity index (χ1n) is 3.70. The van der Waals surface area contributed by atoms with Crippen molar-refractivity contribution in [1.82, 2.24) is 0 Å². The summed E-state index contributed by atoms with van der Waals surface area (Å²) in [6.45, 7) is 0. The van der Waals surface area contributed by atoms with Gasteiger partial charge in [-0.3, -0.25) is 14.4 Å². The van der Waals surface area contributed by atoms with Gasteiger partial charge in [-0.15, -0.1) is 10.1 Å². The quantitative estimate of drug-likeness (QED) is 0.274. The average Bonchev–Trinajstić information content (AvgIpc) is 1.98. The van der Waals surface area contributed by atoms with Gasteiger partial charge in [0.1, 0.15) is 0 Å². The third kappa shape index (κ3) is 6.41. The van der Waals surface area contributed by atoms with E-state index in [2.05, 4.69) is 4.84 Å². The van der Waals surface area contributed by atoms with Crippen LogP contribution in [0.2, 0.25) is 0 Å². The number of carboxylic acids is 3. The van der Waals surface area contributed by atoms with Crippen LogP contribution in [0, 0.1) is 10.1 Å². The summed E-state index contributed by atoms with van der Waals surface area (Å²) >= 11 is 0. The van der Waals surface area contributed by atoms with Crippen molar-refractivity contribution in [2.45, 2.75) is 18.4 Å². The van der Waals surface area contributed by atoms with Gasteiger partial charge in [-0.05, 0) is 0 Å². The fraction of sp³-hybridized carbons (Fsp3) is 0.500. The Balaban J connectivity index is 0. The molecule has 0 atom stereocenters. The van der Waals surface area contributed by atoms with Gasteiger partial charge in [0.2, 0.25) is 5.60 Å². The number of rotatable bonds is 7. The molecule has 0 radical (unpaired) electrons. The van der Waals surface area contributed by atoms with Gasteiger partial charge in [-0.2, -0.15) is 0 Å². The summed E-state index contributed by atoms with van der Waals surface area (Å²) < 4.78 is 0. The third-order valence-electron chi connectivity index (χ3n) is 1.51. The normalized spacial score (nSPS) is 9.88. The molecule has 0 unspecified atom stereocenters. The molecule has 0 saturated carbocycles. The SMILES string of the molecule is O=C(O)CC(CC(=O)O)(O[N+](=O)[O-])C(=O)O.[SrH2]. The van der Waals surface area contributed by atoms with E-state index in [0.717, 1.165) is 0 Å². The zero-order valence-corrected chi connectivity index (χ0v) is 7.65. The van der Waals surface area contributed by atoms with Crippen LogP contribution >= 0.6 is 0 Å². The van der Waals surface area contributed by atoms with E-state index < -0.39 is 41.4 Å². The third-order valence-corrected chi connectivity index (χ3v) is 1.51. The van der Waals surface area contributed by atoms with Crippen molar-refractivity contribution in [2.75, 3.05) is 0 Å². The van der Waals surface area contributed by atoms with Gasteiger partial charge in [0.25, 0.3) is 5.09 Å². The molecule has 0 aromatic heterocycles. The first-order valence-corrected chi connectivity index (χ1v) is 3.70. The van der Waals surface area contributed by atoms with Crippen LogP contribution in [0.1, 0.15) is 12.8 Å². The number of nitrogens with zero attached hydrogens (tertiary/aromatic N) is 1. The molecule has 94 valence electrons. The Morgan fingerprint density at radius 3 is 1.65 bits per heavy atom. The first-order chi connectivity index (χ1) is 7.19. The van der Waals surface area contributed by atoms with Crippen LogP contribution in [0.3, 0.4) is 0 Å². The second-order valence-electron chi connectivity index (χ2n) is 2.76. The van der Waals surface area contributed by atoms with E-state index in [-0.39, 0.29) is 45.5 Å². The van der Waals surface area contributed by atoms with E-state index in [0.29, 0.717) is 0 Å². The van der Waals surface area contributed by atoms with Crippen molar-refractivity contribution >= 4 is 63.4 Å². The van der Waals surface area contributed by atoms with Crippen LogP contribution in [-0.2, 0) is 19.2 Å². The van der Waals surface area contributed by atoms with E-state index >= 15 is 0 Å². The maximum atomic E-state index is 10.7. The molecule has 11 heteroatoms. The molecule has 0 aliphatic heterocycles. The van der Waals surface area contributed by atoms with Gasteiger partial charge in [0.05, 0.1) is 12.8 Å². The van der Waals surface area contributed by atoms with Crippen LogP contribution in [0.4, 0.5) is 0 Å². The Morgan fingerprint density at radius 1 is 1.12 bits per heavy atom. The number of hydrogen-bond donors (Lipinski definition) is 3. The molecule has 0 amide bonds. The molecule has 10 nitrogen and oxygen atoms in total. The number of carboxylic acid groups (broad SMARTS) is 3. The van der Waals surface area contributed by atoms with E-state index in [4.69, 9.17) is 15.3 Å². The zero-order valence-electron chi connectivity index (χ0n) is 7.65. The molecule has 0 aliphatic carbocycles. The van der Waals surface area contributed by atoms with Crippen molar-refractivity contribution in [3.63, 3.8) is 0 Å². The number of carbonyl (C=O) groups is 3. The molecule has 0 fully saturated rings. The topological polar surface area (TPSA) is 164 Å². The minimum atomic E-state index is -2.92. The molecular formula is C6H9NO9Sr. The predicted molar refractivity (Wildman–Crippen MR) is 51.5 cm³/mol. The summed E-state index contributed by atoms with van der Waals surface area (Å²) in [6, 6.07) is 0. The standard InChI is InChI=1S/C6H7NO9.Sr.2H/c8-3(9)1-6(5(12)13,2-4(10)11)16-7(14)15;;;/h1-2H2,(H,8,9)(H,10,11)(H,12,13);;;. The van der Waals surface area contributed by atoms with Crippen LogP contribution in [-0.4, -0.2) is 89.4 Å². The fourth-order valence-corrected chi connectivity index (χ4v) is 0.949. The van der Waals surface area contributed by atoms with E-state index in [9.17, 15) is 24.5 Å².